The second kappa shape index (κ2) is 9.26. The van der Waals surface area contributed by atoms with Crippen LogP contribution in [0.5, 0.6) is 0 Å². The van der Waals surface area contributed by atoms with Crippen LogP contribution >= 0.6 is 0 Å². The lowest BCUT2D eigenvalue weighted by atomic mass is 9.96. The third kappa shape index (κ3) is 4.55. The molecule has 9 heteroatoms. The Labute approximate surface area is 207 Å². The first-order valence-electron chi connectivity index (χ1n) is 11.7. The molecule has 0 atom stereocenters. The second-order valence-electron chi connectivity index (χ2n) is 9.07. The monoisotopic (exact) mass is 482 g/mol. The van der Waals surface area contributed by atoms with E-state index in [1.165, 1.54) is 6.92 Å². The highest BCUT2D eigenvalue weighted by Gasteiger charge is 2.23. The van der Waals surface area contributed by atoms with E-state index in [1.54, 1.807) is 29.3 Å². The van der Waals surface area contributed by atoms with Crippen molar-refractivity contribution in [2.75, 3.05) is 17.2 Å². The maximum Gasteiger partial charge on any atom is 0.255 e. The number of amides is 3. The van der Waals surface area contributed by atoms with E-state index in [2.05, 4.69) is 25.8 Å². The fourth-order valence-corrected chi connectivity index (χ4v) is 4.42. The lowest BCUT2D eigenvalue weighted by molar-refractivity contribution is -0.114. The van der Waals surface area contributed by atoms with Crippen molar-refractivity contribution in [3.8, 4) is 0 Å². The Bertz CT molecular complexity index is 1520. The Morgan fingerprint density at radius 2 is 1.78 bits per heavy atom. The SMILES string of the molecule is CC(=O)Nc1cc(C(=O)N2CCc3ccc(C(=O)Nc4cnc5n[nH]c(C)c5c4)cc3C2)ccc1C. The Balaban J connectivity index is 1.33. The lowest BCUT2D eigenvalue weighted by Crippen LogP contribution is -2.36. The molecule has 2 aromatic heterocycles. The van der Waals surface area contributed by atoms with Gasteiger partial charge in [0.1, 0.15) is 0 Å². The van der Waals surface area contributed by atoms with E-state index >= 15 is 0 Å². The summed E-state index contributed by atoms with van der Waals surface area (Å²) in [5, 5.41) is 13.5. The Kier molecular flexibility index (Phi) is 5.97. The van der Waals surface area contributed by atoms with Gasteiger partial charge in [-0.15, -0.1) is 0 Å². The molecule has 0 spiro atoms. The van der Waals surface area contributed by atoms with Gasteiger partial charge in [-0.2, -0.15) is 5.10 Å². The highest BCUT2D eigenvalue weighted by atomic mass is 16.2. The number of carbonyl (C=O) groups is 3. The number of aromatic amines is 1. The van der Waals surface area contributed by atoms with Crippen LogP contribution in [-0.2, 0) is 17.8 Å². The van der Waals surface area contributed by atoms with E-state index in [0.29, 0.717) is 47.7 Å². The molecule has 0 aliphatic carbocycles. The van der Waals surface area contributed by atoms with Gasteiger partial charge in [0, 0.05) is 47.9 Å². The van der Waals surface area contributed by atoms with Crippen LogP contribution in [0, 0.1) is 13.8 Å². The van der Waals surface area contributed by atoms with Crippen molar-refractivity contribution >= 4 is 40.1 Å². The molecule has 1 aliphatic heterocycles. The third-order valence-electron chi connectivity index (χ3n) is 6.42. The summed E-state index contributed by atoms with van der Waals surface area (Å²) in [6, 6.07) is 12.8. The van der Waals surface area contributed by atoms with Crippen LogP contribution in [0.15, 0.2) is 48.7 Å². The number of carbonyl (C=O) groups excluding carboxylic acids is 3. The third-order valence-corrected chi connectivity index (χ3v) is 6.42. The van der Waals surface area contributed by atoms with Crippen molar-refractivity contribution in [1.29, 1.82) is 0 Å². The van der Waals surface area contributed by atoms with Gasteiger partial charge in [-0.1, -0.05) is 12.1 Å². The van der Waals surface area contributed by atoms with E-state index in [1.807, 2.05) is 38.1 Å². The zero-order valence-electron chi connectivity index (χ0n) is 20.3. The van der Waals surface area contributed by atoms with E-state index < -0.39 is 0 Å². The molecule has 36 heavy (non-hydrogen) atoms. The summed E-state index contributed by atoms with van der Waals surface area (Å²) in [6.45, 7) is 6.21. The average Bonchev–Trinajstić information content (AvgIpc) is 3.24. The normalized spacial score (nSPS) is 12.8. The summed E-state index contributed by atoms with van der Waals surface area (Å²) in [5.74, 6) is -0.546. The fourth-order valence-electron chi connectivity index (χ4n) is 4.42. The zero-order valence-corrected chi connectivity index (χ0v) is 20.3. The number of H-pyrrole nitrogens is 1. The number of aromatic nitrogens is 3. The predicted octanol–water partition coefficient (Wildman–Crippen LogP) is 3.98. The van der Waals surface area contributed by atoms with Crippen molar-refractivity contribution in [3.63, 3.8) is 0 Å². The van der Waals surface area contributed by atoms with Gasteiger partial charge in [-0.25, -0.2) is 4.98 Å². The molecule has 9 nitrogen and oxygen atoms in total. The molecule has 3 N–H and O–H groups in total. The van der Waals surface area contributed by atoms with E-state index in [0.717, 1.165) is 27.8 Å². The zero-order chi connectivity index (χ0) is 25.4. The number of pyridine rings is 1. The molecule has 0 unspecified atom stereocenters. The smallest absolute Gasteiger partial charge is 0.255 e. The fraction of sp³-hybridized carbons (Fsp3) is 0.222. The first kappa shape index (κ1) is 23.2. The second-order valence-corrected chi connectivity index (χ2v) is 9.07. The summed E-state index contributed by atoms with van der Waals surface area (Å²) in [6.07, 6.45) is 2.28. The van der Waals surface area contributed by atoms with Crippen LogP contribution in [0.3, 0.4) is 0 Å². The van der Waals surface area contributed by atoms with E-state index in [-0.39, 0.29) is 17.7 Å². The number of hydrogen-bond donors (Lipinski definition) is 3. The summed E-state index contributed by atoms with van der Waals surface area (Å²) >= 11 is 0. The standard InChI is InChI=1S/C27H26N6O3/c1-15-4-5-20(11-24(15)29-17(3)34)27(36)33-9-8-18-6-7-19(10-21(18)14-33)26(35)30-22-12-23-16(2)31-32-25(23)28-13-22/h4-7,10-13H,8-9,14H2,1-3H3,(H,29,34)(H,30,35)(H,28,31,32). The van der Waals surface area contributed by atoms with Crippen LogP contribution in [0.25, 0.3) is 11.0 Å². The van der Waals surface area contributed by atoms with Crippen molar-refractivity contribution < 1.29 is 14.4 Å². The van der Waals surface area contributed by atoms with Gasteiger partial charge in [0.25, 0.3) is 11.8 Å². The van der Waals surface area contributed by atoms with Gasteiger partial charge in [0.15, 0.2) is 5.65 Å². The molecule has 3 amide bonds. The number of anilines is 2. The van der Waals surface area contributed by atoms with Gasteiger partial charge in [-0.3, -0.25) is 19.5 Å². The highest BCUT2D eigenvalue weighted by Crippen LogP contribution is 2.25. The van der Waals surface area contributed by atoms with Crippen LogP contribution in [0.2, 0.25) is 0 Å². The van der Waals surface area contributed by atoms with Crippen LogP contribution in [0.1, 0.15) is 50.0 Å². The van der Waals surface area contributed by atoms with Crippen molar-refractivity contribution in [1.82, 2.24) is 20.1 Å². The molecule has 2 aromatic carbocycles. The Morgan fingerprint density at radius 1 is 0.972 bits per heavy atom. The minimum Gasteiger partial charge on any atom is -0.334 e. The number of hydrogen-bond acceptors (Lipinski definition) is 5. The molecule has 0 radical (unpaired) electrons. The molecule has 5 rings (SSSR count). The van der Waals surface area contributed by atoms with Crippen molar-refractivity contribution in [2.45, 2.75) is 33.7 Å². The number of nitrogens with zero attached hydrogens (tertiary/aromatic N) is 3. The van der Waals surface area contributed by atoms with Gasteiger partial charge in [0.2, 0.25) is 5.91 Å². The number of aryl methyl sites for hydroxylation is 2. The summed E-state index contributed by atoms with van der Waals surface area (Å²) in [7, 11) is 0. The molecule has 1 aliphatic rings. The molecule has 0 bridgehead atoms. The summed E-state index contributed by atoms with van der Waals surface area (Å²) in [4.78, 5) is 43.8. The summed E-state index contributed by atoms with van der Waals surface area (Å²) in [5.41, 5.74) is 6.66. The van der Waals surface area contributed by atoms with E-state index in [4.69, 9.17) is 0 Å². The molecule has 182 valence electrons. The van der Waals surface area contributed by atoms with Gasteiger partial charge < -0.3 is 15.5 Å². The Hall–Kier alpha value is -4.53. The van der Waals surface area contributed by atoms with Gasteiger partial charge in [0.05, 0.1) is 11.9 Å². The van der Waals surface area contributed by atoms with Crippen molar-refractivity contribution in [3.05, 3.63) is 82.2 Å². The quantitative estimate of drug-likeness (QED) is 0.406. The highest BCUT2D eigenvalue weighted by molar-refractivity contribution is 6.05. The Morgan fingerprint density at radius 3 is 2.58 bits per heavy atom. The van der Waals surface area contributed by atoms with Gasteiger partial charge in [-0.05, 0) is 67.3 Å². The minimum absolute atomic E-state index is 0.114. The molecular weight excluding hydrogens is 456 g/mol. The number of benzene rings is 2. The first-order chi connectivity index (χ1) is 17.3. The maximum atomic E-state index is 13.3. The first-order valence-corrected chi connectivity index (χ1v) is 11.7. The molecule has 0 saturated carbocycles. The molecular formula is C27H26N6O3. The molecule has 4 aromatic rings. The van der Waals surface area contributed by atoms with Gasteiger partial charge >= 0.3 is 0 Å². The number of rotatable bonds is 4. The summed E-state index contributed by atoms with van der Waals surface area (Å²) < 4.78 is 0. The van der Waals surface area contributed by atoms with E-state index in [9.17, 15) is 14.4 Å². The number of nitrogens with one attached hydrogen (secondary N) is 3. The van der Waals surface area contributed by atoms with Crippen LogP contribution < -0.4 is 10.6 Å². The van der Waals surface area contributed by atoms with Crippen LogP contribution in [-0.4, -0.2) is 44.3 Å². The molecule has 0 fully saturated rings. The van der Waals surface area contributed by atoms with Crippen LogP contribution in [0.4, 0.5) is 11.4 Å². The number of fused-ring (bicyclic) bond motifs is 2. The molecule has 3 heterocycles. The van der Waals surface area contributed by atoms with Crippen molar-refractivity contribution in [2.24, 2.45) is 0 Å². The molecule has 0 saturated heterocycles. The predicted molar refractivity (Wildman–Crippen MR) is 137 cm³/mol. The average molecular weight is 483 g/mol. The maximum absolute atomic E-state index is 13.3. The topological polar surface area (TPSA) is 120 Å². The lowest BCUT2D eigenvalue weighted by Gasteiger charge is -2.29. The largest absolute Gasteiger partial charge is 0.334 e. The minimum atomic E-state index is -0.248.